The Kier molecular flexibility index (Phi) is 7.20. The van der Waals surface area contributed by atoms with Crippen molar-refractivity contribution in [1.82, 2.24) is 10.2 Å². The van der Waals surface area contributed by atoms with Crippen LogP contribution in [0.1, 0.15) is 56.6 Å². The quantitative estimate of drug-likeness (QED) is 0.604. The van der Waals surface area contributed by atoms with Crippen LogP contribution in [-0.4, -0.2) is 53.2 Å². The zero-order valence-electron chi connectivity index (χ0n) is 19.7. The first-order valence-corrected chi connectivity index (χ1v) is 12.0. The van der Waals surface area contributed by atoms with Crippen LogP contribution >= 0.6 is 0 Å². The zero-order chi connectivity index (χ0) is 24.2. The second-order valence-electron chi connectivity index (χ2n) is 9.48. The van der Waals surface area contributed by atoms with Gasteiger partial charge < -0.3 is 20.1 Å². The minimum Gasteiger partial charge on any atom is -0.480 e. The third-order valence-electron chi connectivity index (χ3n) is 6.99. The Morgan fingerprint density at radius 2 is 1.65 bits per heavy atom. The SMILES string of the molecule is CC(C)N(CC(=O)O)C(=O)CC1CCCC1NC(=O)OCC1c2ccccc2-c2ccccc21. The molecule has 0 aliphatic heterocycles. The summed E-state index contributed by atoms with van der Waals surface area (Å²) in [5, 5.41) is 12.1. The van der Waals surface area contributed by atoms with Crippen molar-refractivity contribution in [3.8, 4) is 11.1 Å². The smallest absolute Gasteiger partial charge is 0.407 e. The van der Waals surface area contributed by atoms with Gasteiger partial charge in [0.1, 0.15) is 13.2 Å². The highest BCUT2D eigenvalue weighted by molar-refractivity contribution is 5.82. The lowest BCUT2D eigenvalue weighted by Gasteiger charge is -2.28. The molecule has 0 aromatic heterocycles. The van der Waals surface area contributed by atoms with E-state index in [1.165, 1.54) is 16.0 Å². The number of benzene rings is 2. The molecule has 0 bridgehead atoms. The molecule has 34 heavy (non-hydrogen) atoms. The summed E-state index contributed by atoms with van der Waals surface area (Å²) in [5.41, 5.74) is 4.68. The summed E-state index contributed by atoms with van der Waals surface area (Å²) in [5.74, 6) is -1.25. The van der Waals surface area contributed by atoms with E-state index < -0.39 is 12.1 Å². The van der Waals surface area contributed by atoms with E-state index in [9.17, 15) is 14.4 Å². The third-order valence-corrected chi connectivity index (χ3v) is 6.99. The number of hydrogen-bond acceptors (Lipinski definition) is 4. The Hall–Kier alpha value is -3.35. The van der Waals surface area contributed by atoms with E-state index in [1.807, 2.05) is 38.1 Å². The summed E-state index contributed by atoms with van der Waals surface area (Å²) in [4.78, 5) is 38.0. The van der Waals surface area contributed by atoms with Gasteiger partial charge in [-0.1, -0.05) is 55.0 Å². The Morgan fingerprint density at radius 3 is 2.24 bits per heavy atom. The molecular weight excluding hydrogens is 432 g/mol. The Labute approximate surface area is 200 Å². The summed E-state index contributed by atoms with van der Waals surface area (Å²) in [7, 11) is 0. The van der Waals surface area contributed by atoms with Crippen LogP contribution in [0.25, 0.3) is 11.1 Å². The average molecular weight is 465 g/mol. The van der Waals surface area contributed by atoms with E-state index in [-0.39, 0.29) is 49.4 Å². The maximum absolute atomic E-state index is 12.8. The highest BCUT2D eigenvalue weighted by atomic mass is 16.5. The van der Waals surface area contributed by atoms with Crippen LogP contribution in [0.4, 0.5) is 4.79 Å². The predicted molar refractivity (Wildman–Crippen MR) is 128 cm³/mol. The molecular formula is C27H32N2O5. The van der Waals surface area contributed by atoms with Crippen molar-refractivity contribution in [2.45, 2.75) is 57.5 Å². The fourth-order valence-corrected chi connectivity index (χ4v) is 5.31. The molecule has 4 rings (SSSR count). The van der Waals surface area contributed by atoms with Gasteiger partial charge in [-0.25, -0.2) is 4.79 Å². The molecule has 7 nitrogen and oxygen atoms in total. The molecule has 2 amide bonds. The summed E-state index contributed by atoms with van der Waals surface area (Å²) < 4.78 is 5.67. The van der Waals surface area contributed by atoms with E-state index in [4.69, 9.17) is 9.84 Å². The molecule has 0 spiro atoms. The monoisotopic (exact) mass is 464 g/mol. The molecule has 180 valence electrons. The molecule has 0 radical (unpaired) electrons. The number of nitrogens with zero attached hydrogens (tertiary/aromatic N) is 1. The minimum absolute atomic E-state index is 0.00489. The number of carboxylic acids is 1. The number of carboxylic acid groups (broad SMARTS) is 1. The van der Waals surface area contributed by atoms with E-state index in [2.05, 4.69) is 29.6 Å². The van der Waals surface area contributed by atoms with Crippen molar-refractivity contribution in [2.75, 3.05) is 13.2 Å². The average Bonchev–Trinajstić information content (AvgIpc) is 3.37. The predicted octanol–water partition coefficient (Wildman–Crippen LogP) is 4.41. The molecule has 2 aromatic rings. The van der Waals surface area contributed by atoms with Gasteiger partial charge in [0.05, 0.1) is 0 Å². The molecule has 2 N–H and O–H groups in total. The summed E-state index contributed by atoms with van der Waals surface area (Å²) in [6.07, 6.45) is 2.26. The van der Waals surface area contributed by atoms with Gasteiger partial charge in [0.25, 0.3) is 0 Å². The van der Waals surface area contributed by atoms with E-state index in [0.29, 0.717) is 0 Å². The Bertz CT molecular complexity index is 1020. The van der Waals surface area contributed by atoms with Crippen molar-refractivity contribution in [3.63, 3.8) is 0 Å². The molecule has 2 atom stereocenters. The maximum atomic E-state index is 12.8. The van der Waals surface area contributed by atoms with Crippen molar-refractivity contribution in [2.24, 2.45) is 5.92 Å². The van der Waals surface area contributed by atoms with Gasteiger partial charge >= 0.3 is 12.1 Å². The van der Waals surface area contributed by atoms with Gasteiger partial charge in [-0.3, -0.25) is 9.59 Å². The highest BCUT2D eigenvalue weighted by Gasteiger charge is 2.34. The van der Waals surface area contributed by atoms with Crippen LogP contribution in [0.2, 0.25) is 0 Å². The van der Waals surface area contributed by atoms with Crippen LogP contribution in [-0.2, 0) is 14.3 Å². The van der Waals surface area contributed by atoms with Crippen molar-refractivity contribution in [3.05, 3.63) is 59.7 Å². The normalized spacial score (nSPS) is 18.9. The summed E-state index contributed by atoms with van der Waals surface area (Å²) in [6, 6.07) is 16.0. The number of carbonyl (C=O) groups is 3. The molecule has 2 aliphatic rings. The molecule has 2 unspecified atom stereocenters. The number of nitrogens with one attached hydrogen (secondary N) is 1. The second kappa shape index (κ2) is 10.3. The first kappa shape index (κ1) is 23.8. The fraction of sp³-hybridized carbons (Fsp3) is 0.444. The van der Waals surface area contributed by atoms with Crippen LogP contribution in [0.5, 0.6) is 0 Å². The molecule has 0 saturated heterocycles. The molecule has 0 heterocycles. The van der Waals surface area contributed by atoms with Gasteiger partial charge in [0.15, 0.2) is 0 Å². The van der Waals surface area contributed by atoms with Crippen molar-refractivity contribution in [1.29, 1.82) is 0 Å². The lowest BCUT2D eigenvalue weighted by Crippen LogP contribution is -2.44. The van der Waals surface area contributed by atoms with E-state index in [1.54, 1.807) is 0 Å². The molecule has 2 aromatic carbocycles. The van der Waals surface area contributed by atoms with Gasteiger partial charge in [0, 0.05) is 24.4 Å². The standard InChI is InChI=1S/C27H32N2O5/c1-17(2)29(15-26(31)32)25(30)14-18-8-7-13-24(18)28-27(33)34-16-23-21-11-5-3-9-19(21)20-10-4-6-12-22(20)23/h3-6,9-12,17-18,23-24H,7-8,13-16H2,1-2H3,(H,28,33)(H,31,32). The number of carbonyl (C=O) groups excluding carboxylic acids is 2. The van der Waals surface area contributed by atoms with Crippen molar-refractivity contribution < 1.29 is 24.2 Å². The van der Waals surface area contributed by atoms with E-state index >= 15 is 0 Å². The first-order chi connectivity index (χ1) is 16.3. The number of fused-ring (bicyclic) bond motifs is 3. The van der Waals surface area contributed by atoms with Gasteiger partial charge in [-0.05, 0) is 54.9 Å². The van der Waals surface area contributed by atoms with Crippen LogP contribution in [0.15, 0.2) is 48.5 Å². The first-order valence-electron chi connectivity index (χ1n) is 12.0. The number of amides is 2. The minimum atomic E-state index is -1.03. The number of ether oxygens (including phenoxy) is 1. The number of hydrogen-bond donors (Lipinski definition) is 2. The fourth-order valence-electron chi connectivity index (χ4n) is 5.31. The highest BCUT2D eigenvalue weighted by Crippen LogP contribution is 2.44. The lowest BCUT2D eigenvalue weighted by atomic mass is 9.98. The van der Waals surface area contributed by atoms with Crippen molar-refractivity contribution >= 4 is 18.0 Å². The zero-order valence-corrected chi connectivity index (χ0v) is 19.7. The summed E-state index contributed by atoms with van der Waals surface area (Å²) in [6.45, 7) is 3.55. The van der Waals surface area contributed by atoms with Gasteiger partial charge in [-0.15, -0.1) is 0 Å². The van der Waals surface area contributed by atoms with Crippen LogP contribution in [0.3, 0.4) is 0 Å². The molecule has 7 heteroatoms. The maximum Gasteiger partial charge on any atom is 0.407 e. The third kappa shape index (κ3) is 5.08. The number of alkyl carbamates (subject to hydrolysis) is 1. The van der Waals surface area contributed by atoms with Crippen LogP contribution < -0.4 is 5.32 Å². The number of aliphatic carboxylic acids is 1. The lowest BCUT2D eigenvalue weighted by molar-refractivity contribution is -0.146. The van der Waals surface area contributed by atoms with Crippen LogP contribution in [0, 0.1) is 5.92 Å². The largest absolute Gasteiger partial charge is 0.480 e. The Morgan fingerprint density at radius 1 is 1.03 bits per heavy atom. The number of rotatable bonds is 8. The topological polar surface area (TPSA) is 95.9 Å². The Balaban J connectivity index is 1.35. The molecule has 1 fully saturated rings. The summed E-state index contributed by atoms with van der Waals surface area (Å²) >= 11 is 0. The molecule has 1 saturated carbocycles. The van der Waals surface area contributed by atoms with Gasteiger partial charge in [-0.2, -0.15) is 0 Å². The molecule has 2 aliphatic carbocycles. The van der Waals surface area contributed by atoms with E-state index in [0.717, 1.165) is 30.4 Å². The second-order valence-corrected chi connectivity index (χ2v) is 9.48. The van der Waals surface area contributed by atoms with Gasteiger partial charge in [0.2, 0.25) is 5.91 Å².